The molecule has 1 aliphatic heterocycles. The van der Waals surface area contributed by atoms with Gasteiger partial charge in [0.25, 0.3) is 5.91 Å². The number of rotatable bonds is 7. The van der Waals surface area contributed by atoms with E-state index >= 15 is 0 Å². The van der Waals surface area contributed by atoms with Crippen LogP contribution in [0.5, 0.6) is 0 Å². The van der Waals surface area contributed by atoms with Gasteiger partial charge in [-0.1, -0.05) is 60.3 Å². The molecule has 0 spiro atoms. The van der Waals surface area contributed by atoms with Crippen molar-refractivity contribution in [2.45, 2.75) is 6.42 Å². The lowest BCUT2D eigenvalue weighted by molar-refractivity contribution is -0.116. The number of thioether (sulfide) groups is 1. The third-order valence-corrected chi connectivity index (χ3v) is 6.08. The molecule has 3 aromatic carbocycles. The first-order valence-corrected chi connectivity index (χ1v) is 11.9. The Morgan fingerprint density at radius 1 is 1.03 bits per heavy atom. The topological polar surface area (TPSA) is 76.8 Å². The van der Waals surface area contributed by atoms with E-state index in [1.165, 1.54) is 29.2 Å². The Morgan fingerprint density at radius 2 is 1.69 bits per heavy atom. The van der Waals surface area contributed by atoms with Crippen LogP contribution in [0.1, 0.15) is 12.0 Å². The maximum atomic E-state index is 13.5. The van der Waals surface area contributed by atoms with Crippen LogP contribution in [0.2, 0.25) is 0 Å². The maximum Gasteiger partial charge on any atom is 0.283 e. The molecule has 0 radical (unpaired) electrons. The third-order valence-electron chi connectivity index (χ3n) is 5.16. The van der Waals surface area contributed by atoms with E-state index in [9.17, 15) is 14.0 Å². The molecule has 0 fully saturated rings. The summed E-state index contributed by atoms with van der Waals surface area (Å²) in [6.45, 7) is 0.256. The van der Waals surface area contributed by atoms with Gasteiger partial charge in [-0.3, -0.25) is 14.5 Å². The number of halogens is 1. The number of hydrogen-bond acceptors (Lipinski definition) is 5. The standard InChI is InChI=1S/C27H21FN4O2S/c28-21-12-14-23(15-13-21)32-26(34)24(18-20-8-3-1-4-9-20)30-27(32)35-19-25(33)31(17-7-16-29)22-10-5-2-6-11-22/h1-6,8-15,18H,7,17,19H2. The van der Waals surface area contributed by atoms with Crippen LogP contribution in [0.25, 0.3) is 6.08 Å². The Bertz CT molecular complexity index is 1300. The second kappa shape index (κ2) is 11.3. The van der Waals surface area contributed by atoms with Crippen LogP contribution in [0.4, 0.5) is 15.8 Å². The summed E-state index contributed by atoms with van der Waals surface area (Å²) in [5, 5.41) is 9.34. The molecular formula is C27H21FN4O2S. The largest absolute Gasteiger partial charge is 0.311 e. The van der Waals surface area contributed by atoms with E-state index in [1.54, 1.807) is 11.0 Å². The van der Waals surface area contributed by atoms with E-state index in [1.807, 2.05) is 60.7 Å². The van der Waals surface area contributed by atoms with Crippen LogP contribution in [0.3, 0.4) is 0 Å². The van der Waals surface area contributed by atoms with Gasteiger partial charge in [-0.25, -0.2) is 9.38 Å². The minimum Gasteiger partial charge on any atom is -0.311 e. The van der Waals surface area contributed by atoms with Crippen molar-refractivity contribution < 1.29 is 14.0 Å². The van der Waals surface area contributed by atoms with Gasteiger partial charge in [0.2, 0.25) is 5.91 Å². The highest BCUT2D eigenvalue weighted by atomic mass is 32.2. The lowest BCUT2D eigenvalue weighted by Crippen LogP contribution is -2.35. The molecule has 0 aromatic heterocycles. The Hall–Kier alpha value is -4.22. The molecule has 0 saturated carbocycles. The van der Waals surface area contributed by atoms with Gasteiger partial charge in [0.05, 0.1) is 23.9 Å². The predicted molar refractivity (Wildman–Crippen MR) is 137 cm³/mol. The van der Waals surface area contributed by atoms with Crippen molar-refractivity contribution in [3.63, 3.8) is 0 Å². The van der Waals surface area contributed by atoms with Gasteiger partial charge in [0, 0.05) is 12.2 Å². The summed E-state index contributed by atoms with van der Waals surface area (Å²) in [6, 6.07) is 26.1. The van der Waals surface area contributed by atoms with Crippen LogP contribution in [0.15, 0.2) is 95.6 Å². The molecule has 0 bridgehead atoms. The molecule has 0 saturated heterocycles. The predicted octanol–water partition coefficient (Wildman–Crippen LogP) is 5.25. The molecule has 8 heteroatoms. The van der Waals surface area contributed by atoms with Crippen molar-refractivity contribution in [2.75, 3.05) is 22.1 Å². The van der Waals surface area contributed by atoms with Gasteiger partial charge in [-0.05, 0) is 48.0 Å². The summed E-state index contributed by atoms with van der Waals surface area (Å²) >= 11 is 1.12. The van der Waals surface area contributed by atoms with Gasteiger partial charge in [-0.15, -0.1) is 0 Å². The SMILES string of the molecule is N#CCCN(C(=O)CSC1=NC(=Cc2ccccc2)C(=O)N1c1ccc(F)cc1)c1ccccc1. The average Bonchev–Trinajstić information content (AvgIpc) is 3.19. The highest BCUT2D eigenvalue weighted by Gasteiger charge is 2.33. The molecule has 3 aromatic rings. The summed E-state index contributed by atoms with van der Waals surface area (Å²) in [4.78, 5) is 33.8. The molecule has 1 aliphatic rings. The van der Waals surface area contributed by atoms with Gasteiger partial charge >= 0.3 is 0 Å². The Balaban J connectivity index is 1.60. The number of carbonyl (C=O) groups is 2. The van der Waals surface area contributed by atoms with E-state index < -0.39 is 5.82 Å². The minimum atomic E-state index is -0.419. The summed E-state index contributed by atoms with van der Waals surface area (Å²) in [5.41, 5.74) is 2.18. The second-order valence-electron chi connectivity index (χ2n) is 7.53. The van der Waals surface area contributed by atoms with Crippen LogP contribution in [-0.2, 0) is 9.59 Å². The molecule has 35 heavy (non-hydrogen) atoms. The van der Waals surface area contributed by atoms with Crippen LogP contribution in [-0.4, -0.2) is 29.3 Å². The number of nitriles is 1. The molecule has 174 valence electrons. The number of benzene rings is 3. The highest BCUT2D eigenvalue weighted by molar-refractivity contribution is 8.14. The molecule has 4 rings (SSSR count). The first-order chi connectivity index (χ1) is 17.1. The molecule has 0 N–H and O–H groups in total. The fourth-order valence-electron chi connectivity index (χ4n) is 3.49. The van der Waals surface area contributed by atoms with Gasteiger partial charge < -0.3 is 4.90 Å². The van der Waals surface area contributed by atoms with Crippen LogP contribution >= 0.6 is 11.8 Å². The molecule has 0 atom stereocenters. The van der Waals surface area contributed by atoms with Crippen molar-refractivity contribution in [1.82, 2.24) is 0 Å². The molecular weight excluding hydrogens is 463 g/mol. The number of amides is 2. The van der Waals surface area contributed by atoms with E-state index in [-0.39, 0.29) is 36.2 Å². The van der Waals surface area contributed by atoms with Gasteiger partial charge in [0.1, 0.15) is 11.5 Å². The first kappa shape index (κ1) is 23.9. The maximum absolute atomic E-state index is 13.5. The number of hydrogen-bond donors (Lipinski definition) is 0. The molecule has 0 unspecified atom stereocenters. The van der Waals surface area contributed by atoms with Crippen molar-refractivity contribution in [3.05, 3.63) is 102 Å². The number of para-hydroxylation sites is 1. The van der Waals surface area contributed by atoms with Crippen LogP contribution < -0.4 is 9.80 Å². The van der Waals surface area contributed by atoms with Crippen LogP contribution in [0, 0.1) is 17.1 Å². The summed E-state index contributed by atoms with van der Waals surface area (Å²) in [6.07, 6.45) is 1.87. The fourth-order valence-corrected chi connectivity index (χ4v) is 4.38. The number of amidine groups is 1. The Morgan fingerprint density at radius 3 is 2.34 bits per heavy atom. The average molecular weight is 485 g/mol. The van der Waals surface area contributed by atoms with Gasteiger partial charge in [-0.2, -0.15) is 5.26 Å². The first-order valence-electron chi connectivity index (χ1n) is 10.9. The minimum absolute atomic E-state index is 0.00273. The van der Waals surface area contributed by atoms with Crippen molar-refractivity contribution in [1.29, 1.82) is 5.26 Å². The van der Waals surface area contributed by atoms with Crippen molar-refractivity contribution in [3.8, 4) is 6.07 Å². The molecule has 6 nitrogen and oxygen atoms in total. The zero-order valence-corrected chi connectivity index (χ0v) is 19.5. The van der Waals surface area contributed by atoms with Crippen molar-refractivity contribution >= 4 is 46.2 Å². The van der Waals surface area contributed by atoms with E-state index in [0.717, 1.165) is 17.3 Å². The van der Waals surface area contributed by atoms with Gasteiger partial charge in [0.15, 0.2) is 5.17 Å². The summed E-state index contributed by atoms with van der Waals surface area (Å²) in [5.74, 6) is -0.994. The molecule has 2 amide bonds. The lowest BCUT2D eigenvalue weighted by atomic mass is 10.2. The third kappa shape index (κ3) is 5.83. The molecule has 1 heterocycles. The van der Waals surface area contributed by atoms with E-state index in [4.69, 9.17) is 5.26 Å². The quantitative estimate of drug-likeness (QED) is 0.429. The normalized spacial score (nSPS) is 14.1. The highest BCUT2D eigenvalue weighted by Crippen LogP contribution is 2.30. The Labute approximate surface area is 207 Å². The summed E-state index contributed by atoms with van der Waals surface area (Å²) in [7, 11) is 0. The fraction of sp³-hybridized carbons (Fsp3) is 0.111. The van der Waals surface area contributed by atoms with E-state index in [0.29, 0.717) is 16.5 Å². The zero-order chi connectivity index (χ0) is 24.6. The molecule has 0 aliphatic carbocycles. The second-order valence-corrected chi connectivity index (χ2v) is 8.47. The summed E-state index contributed by atoms with van der Waals surface area (Å²) < 4.78 is 13.5. The monoisotopic (exact) mass is 484 g/mol. The number of aliphatic imine (C=N–C) groups is 1. The van der Waals surface area contributed by atoms with Crippen molar-refractivity contribution in [2.24, 2.45) is 4.99 Å². The lowest BCUT2D eigenvalue weighted by Gasteiger charge is -2.22. The smallest absolute Gasteiger partial charge is 0.283 e. The number of anilines is 2. The Kier molecular flexibility index (Phi) is 7.70. The number of carbonyl (C=O) groups excluding carboxylic acids is 2. The van der Waals surface area contributed by atoms with E-state index in [2.05, 4.69) is 11.1 Å². The number of nitrogens with zero attached hydrogens (tertiary/aromatic N) is 4. The zero-order valence-electron chi connectivity index (χ0n) is 18.7.